The Balaban J connectivity index is 1.73. The molecule has 0 bridgehead atoms. The molecule has 3 heterocycles. The lowest BCUT2D eigenvalue weighted by atomic mass is 10.1. The minimum atomic E-state index is -1.27. The molecule has 2 aromatic rings. The molecule has 0 radical (unpaired) electrons. The van der Waals surface area contributed by atoms with Gasteiger partial charge in [-0.05, 0) is 25.0 Å². The molecule has 1 aromatic heterocycles. The number of anilines is 1. The van der Waals surface area contributed by atoms with Gasteiger partial charge in [-0.1, -0.05) is 0 Å². The maximum atomic E-state index is 14.6. The largest absolute Gasteiger partial charge is 0.477 e. The molecule has 5 rings (SSSR count). The van der Waals surface area contributed by atoms with E-state index in [0.29, 0.717) is 23.3 Å². The van der Waals surface area contributed by atoms with Crippen LogP contribution in [0.15, 0.2) is 23.1 Å². The van der Waals surface area contributed by atoms with Crippen LogP contribution in [-0.4, -0.2) is 40.8 Å². The van der Waals surface area contributed by atoms with Gasteiger partial charge in [0.25, 0.3) is 0 Å². The molecule has 3 aliphatic rings. The van der Waals surface area contributed by atoms with Crippen molar-refractivity contribution in [2.24, 2.45) is 0 Å². The van der Waals surface area contributed by atoms with Crippen LogP contribution in [0.5, 0.6) is 0 Å². The zero-order valence-electron chi connectivity index (χ0n) is 12.8. The normalized spacial score (nSPS) is 25.1. The topological polar surface area (TPSA) is 84.5 Å². The number of carboxylic acids is 1. The van der Waals surface area contributed by atoms with Gasteiger partial charge in [-0.25, -0.2) is 9.18 Å². The zero-order valence-corrected chi connectivity index (χ0v) is 12.8. The van der Waals surface area contributed by atoms with Gasteiger partial charge in [-0.3, -0.25) is 4.79 Å². The van der Waals surface area contributed by atoms with Crippen molar-refractivity contribution in [3.63, 3.8) is 0 Å². The first kappa shape index (κ1) is 14.0. The maximum Gasteiger partial charge on any atom is 0.341 e. The van der Waals surface area contributed by atoms with E-state index >= 15 is 0 Å². The molecule has 1 aromatic carbocycles. The fraction of sp³-hybridized carbons (Fsp3) is 0.412. The molecule has 2 N–H and O–H groups in total. The molecule has 2 saturated heterocycles. The van der Waals surface area contributed by atoms with Gasteiger partial charge in [0.05, 0.1) is 11.2 Å². The molecule has 3 fully saturated rings. The molecule has 2 unspecified atom stereocenters. The van der Waals surface area contributed by atoms with Crippen LogP contribution >= 0.6 is 0 Å². The Hall–Kier alpha value is -2.41. The second-order valence-corrected chi connectivity index (χ2v) is 6.92. The van der Waals surface area contributed by atoms with Crippen molar-refractivity contribution < 1.29 is 14.3 Å². The summed E-state index contributed by atoms with van der Waals surface area (Å²) < 4.78 is 16.4. The highest BCUT2D eigenvalue weighted by molar-refractivity contribution is 5.93. The first-order chi connectivity index (χ1) is 11.5. The van der Waals surface area contributed by atoms with Gasteiger partial charge < -0.3 is 19.9 Å². The number of rotatable bonds is 3. The first-order valence-corrected chi connectivity index (χ1v) is 8.15. The van der Waals surface area contributed by atoms with Crippen LogP contribution in [0, 0.1) is 5.82 Å². The molecule has 2 atom stereocenters. The number of nitrogens with one attached hydrogen (secondary N) is 1. The number of benzene rings is 1. The number of carboxylic acid groups (broad SMARTS) is 1. The minimum absolute atomic E-state index is 0.144. The Labute approximate surface area is 136 Å². The smallest absolute Gasteiger partial charge is 0.341 e. The highest BCUT2D eigenvalue weighted by Gasteiger charge is 2.45. The third-order valence-corrected chi connectivity index (χ3v) is 5.25. The number of hydrogen-bond donors (Lipinski definition) is 2. The first-order valence-electron chi connectivity index (χ1n) is 8.15. The summed E-state index contributed by atoms with van der Waals surface area (Å²) in [4.78, 5) is 25.8. The molecule has 2 aliphatic heterocycles. The third-order valence-electron chi connectivity index (χ3n) is 5.25. The average Bonchev–Trinajstić information content (AvgIpc) is 3.47. The van der Waals surface area contributed by atoms with E-state index in [2.05, 4.69) is 5.32 Å². The zero-order chi connectivity index (χ0) is 16.6. The van der Waals surface area contributed by atoms with Crippen molar-refractivity contribution in [2.45, 2.75) is 31.0 Å². The number of aromatic nitrogens is 1. The number of carbonyl (C=O) groups is 1. The average molecular weight is 329 g/mol. The summed E-state index contributed by atoms with van der Waals surface area (Å²) in [6.07, 6.45) is 3.30. The van der Waals surface area contributed by atoms with Crippen molar-refractivity contribution in [3.05, 3.63) is 39.9 Å². The van der Waals surface area contributed by atoms with Crippen LogP contribution in [0.2, 0.25) is 0 Å². The maximum absolute atomic E-state index is 14.6. The van der Waals surface area contributed by atoms with E-state index in [1.165, 1.54) is 12.3 Å². The number of halogens is 1. The molecule has 0 amide bonds. The standard InChI is InChI=1S/C17H16FN3O3/c18-11-3-9-14(4-15(11)20-6-12-13(7-20)19-12)21(8-1-2-8)5-10(16(9)22)17(23)24/h3-5,8,12-13,19H,1-2,6-7H2,(H,23,24). The molecule has 6 nitrogen and oxygen atoms in total. The molecule has 24 heavy (non-hydrogen) atoms. The Kier molecular flexibility index (Phi) is 2.66. The lowest BCUT2D eigenvalue weighted by Crippen LogP contribution is -2.28. The molecule has 0 spiro atoms. The van der Waals surface area contributed by atoms with Crippen molar-refractivity contribution >= 4 is 22.6 Å². The van der Waals surface area contributed by atoms with E-state index in [1.807, 2.05) is 9.47 Å². The third kappa shape index (κ3) is 1.97. The lowest BCUT2D eigenvalue weighted by molar-refractivity contribution is 0.0695. The molecular weight excluding hydrogens is 313 g/mol. The van der Waals surface area contributed by atoms with E-state index in [4.69, 9.17) is 0 Å². The van der Waals surface area contributed by atoms with E-state index in [-0.39, 0.29) is 17.0 Å². The summed E-state index contributed by atoms with van der Waals surface area (Å²) >= 11 is 0. The van der Waals surface area contributed by atoms with Gasteiger partial charge in [0, 0.05) is 42.8 Å². The highest BCUT2D eigenvalue weighted by atomic mass is 19.1. The fourth-order valence-electron chi connectivity index (χ4n) is 3.73. The Morgan fingerprint density at radius 1 is 1.25 bits per heavy atom. The van der Waals surface area contributed by atoms with Gasteiger partial charge in [0.1, 0.15) is 11.4 Å². The Bertz CT molecular complexity index is 940. The van der Waals surface area contributed by atoms with E-state index in [9.17, 15) is 19.1 Å². The fourth-order valence-corrected chi connectivity index (χ4v) is 3.73. The SMILES string of the molecule is O=C(O)c1cn(C2CC2)c2cc(N3CC4NC4C3)c(F)cc2c1=O. The van der Waals surface area contributed by atoms with Crippen LogP contribution < -0.4 is 15.6 Å². The minimum Gasteiger partial charge on any atom is -0.477 e. The summed E-state index contributed by atoms with van der Waals surface area (Å²) in [7, 11) is 0. The number of hydrogen-bond acceptors (Lipinski definition) is 4. The summed E-state index contributed by atoms with van der Waals surface area (Å²) in [5, 5.41) is 12.7. The Morgan fingerprint density at radius 2 is 1.96 bits per heavy atom. The van der Waals surface area contributed by atoms with Crippen molar-refractivity contribution in [1.29, 1.82) is 0 Å². The van der Waals surface area contributed by atoms with E-state index < -0.39 is 17.2 Å². The number of nitrogens with zero attached hydrogens (tertiary/aromatic N) is 2. The monoisotopic (exact) mass is 329 g/mol. The predicted molar refractivity (Wildman–Crippen MR) is 86.3 cm³/mol. The Morgan fingerprint density at radius 3 is 2.58 bits per heavy atom. The molecule has 1 aliphatic carbocycles. The molecule has 7 heteroatoms. The second kappa shape index (κ2) is 4.57. The molecular formula is C17H16FN3O3. The number of fused-ring (bicyclic) bond motifs is 2. The van der Waals surface area contributed by atoms with Crippen molar-refractivity contribution in [3.8, 4) is 0 Å². The van der Waals surface area contributed by atoms with Crippen LogP contribution in [0.4, 0.5) is 10.1 Å². The van der Waals surface area contributed by atoms with Gasteiger partial charge >= 0.3 is 5.97 Å². The number of aromatic carboxylic acids is 1. The summed E-state index contributed by atoms with van der Waals surface area (Å²) in [6.45, 7) is 1.52. The predicted octanol–water partition coefficient (Wildman–Crippen LogP) is 1.33. The van der Waals surface area contributed by atoms with Crippen molar-refractivity contribution in [2.75, 3.05) is 18.0 Å². The number of pyridine rings is 1. The van der Waals surface area contributed by atoms with Crippen LogP contribution in [-0.2, 0) is 0 Å². The highest BCUT2D eigenvalue weighted by Crippen LogP contribution is 2.38. The number of piperazine rings is 1. The summed E-state index contributed by atoms with van der Waals surface area (Å²) in [5.41, 5.74) is 0.199. The second-order valence-electron chi connectivity index (χ2n) is 6.92. The lowest BCUT2D eigenvalue weighted by Gasteiger charge is -2.22. The van der Waals surface area contributed by atoms with Crippen LogP contribution in [0.3, 0.4) is 0 Å². The quantitative estimate of drug-likeness (QED) is 0.830. The van der Waals surface area contributed by atoms with Gasteiger partial charge in [0.15, 0.2) is 0 Å². The van der Waals surface area contributed by atoms with Crippen LogP contribution in [0.25, 0.3) is 10.9 Å². The van der Waals surface area contributed by atoms with Gasteiger partial charge in [-0.2, -0.15) is 0 Å². The van der Waals surface area contributed by atoms with Crippen LogP contribution in [0.1, 0.15) is 29.2 Å². The van der Waals surface area contributed by atoms with E-state index in [0.717, 1.165) is 25.9 Å². The molecule has 1 saturated carbocycles. The van der Waals surface area contributed by atoms with Gasteiger partial charge in [0.2, 0.25) is 5.43 Å². The molecule has 124 valence electrons. The summed E-state index contributed by atoms with van der Waals surface area (Å²) in [5.74, 6) is -1.74. The summed E-state index contributed by atoms with van der Waals surface area (Å²) in [6, 6.07) is 3.97. The van der Waals surface area contributed by atoms with Crippen molar-refractivity contribution in [1.82, 2.24) is 9.88 Å². The van der Waals surface area contributed by atoms with Gasteiger partial charge in [-0.15, -0.1) is 0 Å². The van der Waals surface area contributed by atoms with E-state index in [1.54, 1.807) is 6.07 Å².